The number of carbonyl (C=O) groups is 2. The zero-order chi connectivity index (χ0) is 16.7. The third-order valence-electron chi connectivity index (χ3n) is 4.11. The topological polar surface area (TPSA) is 67.4 Å². The summed E-state index contributed by atoms with van der Waals surface area (Å²) >= 11 is 0. The Kier molecular flexibility index (Phi) is 6.59. The molecule has 1 aliphatic rings. The van der Waals surface area contributed by atoms with Crippen LogP contribution in [0.1, 0.15) is 49.9 Å². The van der Waals surface area contributed by atoms with Crippen molar-refractivity contribution in [2.45, 2.75) is 45.6 Å². The molecule has 1 aromatic carbocycles. The second kappa shape index (κ2) is 8.67. The summed E-state index contributed by atoms with van der Waals surface area (Å²) in [6, 6.07) is 7.10. The number of carbonyl (C=O) groups excluding carboxylic acids is 2. The number of benzene rings is 1. The van der Waals surface area contributed by atoms with Gasteiger partial charge < -0.3 is 15.4 Å². The molecule has 1 heterocycles. The highest BCUT2D eigenvalue weighted by Gasteiger charge is 2.19. The van der Waals surface area contributed by atoms with Gasteiger partial charge in [-0.3, -0.25) is 9.59 Å². The van der Waals surface area contributed by atoms with Gasteiger partial charge in [0.2, 0.25) is 5.91 Å². The van der Waals surface area contributed by atoms with Crippen molar-refractivity contribution < 1.29 is 14.3 Å². The van der Waals surface area contributed by atoms with E-state index in [1.54, 1.807) is 18.2 Å². The maximum absolute atomic E-state index is 12.4. The third kappa shape index (κ3) is 5.06. The van der Waals surface area contributed by atoms with Gasteiger partial charge in [0.1, 0.15) is 0 Å². The molecule has 0 bridgehead atoms. The number of rotatable bonds is 7. The van der Waals surface area contributed by atoms with Gasteiger partial charge in [0, 0.05) is 19.1 Å². The zero-order valence-electron chi connectivity index (χ0n) is 13.9. The minimum absolute atomic E-state index is 0.0498. The second-order valence-electron chi connectivity index (χ2n) is 6.07. The lowest BCUT2D eigenvalue weighted by Gasteiger charge is -2.15. The molecule has 1 aliphatic heterocycles. The van der Waals surface area contributed by atoms with E-state index in [2.05, 4.69) is 17.6 Å². The summed E-state index contributed by atoms with van der Waals surface area (Å²) in [6.07, 6.45) is 3.91. The van der Waals surface area contributed by atoms with Crippen molar-refractivity contribution in [2.75, 3.05) is 18.5 Å². The van der Waals surface area contributed by atoms with Crippen LogP contribution in [0.25, 0.3) is 0 Å². The monoisotopic (exact) mass is 318 g/mol. The minimum atomic E-state index is -0.181. The van der Waals surface area contributed by atoms with Gasteiger partial charge in [-0.05, 0) is 31.4 Å². The Morgan fingerprint density at radius 3 is 2.83 bits per heavy atom. The molecule has 1 aromatic rings. The van der Waals surface area contributed by atoms with Crippen LogP contribution in [0.3, 0.4) is 0 Å². The van der Waals surface area contributed by atoms with E-state index < -0.39 is 0 Å². The Balaban J connectivity index is 1.98. The molecule has 2 atom stereocenters. The van der Waals surface area contributed by atoms with Crippen LogP contribution in [0, 0.1) is 5.92 Å². The highest BCUT2D eigenvalue weighted by atomic mass is 16.5. The van der Waals surface area contributed by atoms with E-state index in [4.69, 9.17) is 4.74 Å². The minimum Gasteiger partial charge on any atom is -0.376 e. The summed E-state index contributed by atoms with van der Waals surface area (Å²) < 4.78 is 5.51. The first-order valence-electron chi connectivity index (χ1n) is 8.41. The van der Waals surface area contributed by atoms with Gasteiger partial charge >= 0.3 is 0 Å². The van der Waals surface area contributed by atoms with E-state index in [9.17, 15) is 9.59 Å². The molecule has 0 aliphatic carbocycles. The summed E-state index contributed by atoms with van der Waals surface area (Å²) in [4.78, 5) is 24.6. The number of hydrogen-bond donors (Lipinski definition) is 2. The van der Waals surface area contributed by atoms with E-state index in [1.165, 1.54) is 0 Å². The fraction of sp³-hybridized carbons (Fsp3) is 0.556. The number of ether oxygens (including phenoxy) is 1. The molecule has 2 N–H and O–H groups in total. The van der Waals surface area contributed by atoms with Gasteiger partial charge in [-0.15, -0.1) is 0 Å². The number of nitrogens with one attached hydrogen (secondary N) is 2. The van der Waals surface area contributed by atoms with E-state index >= 15 is 0 Å². The van der Waals surface area contributed by atoms with Crippen LogP contribution in [-0.2, 0) is 9.53 Å². The molecular formula is C18H26N2O3. The molecule has 2 unspecified atom stereocenters. The maximum Gasteiger partial charge on any atom is 0.253 e. The standard InChI is InChI=1S/C18H26N2O3/c1-3-7-13(2)17(21)20-16-10-5-4-9-15(16)18(22)19-12-14-8-6-11-23-14/h4-5,9-10,13-14H,3,6-8,11-12H2,1-2H3,(H,19,22)(H,20,21). The van der Waals surface area contributed by atoms with Gasteiger partial charge in [-0.2, -0.15) is 0 Å². The van der Waals surface area contributed by atoms with Crippen LogP contribution in [0.5, 0.6) is 0 Å². The average Bonchev–Trinajstić information content (AvgIpc) is 3.06. The lowest BCUT2D eigenvalue weighted by Crippen LogP contribution is -2.32. The SMILES string of the molecule is CCCC(C)C(=O)Nc1ccccc1C(=O)NCC1CCCO1. The van der Waals surface area contributed by atoms with Crippen LogP contribution in [0.2, 0.25) is 0 Å². The second-order valence-corrected chi connectivity index (χ2v) is 6.07. The average molecular weight is 318 g/mol. The fourth-order valence-electron chi connectivity index (χ4n) is 2.72. The summed E-state index contributed by atoms with van der Waals surface area (Å²) in [7, 11) is 0. The first kappa shape index (κ1) is 17.5. The highest BCUT2D eigenvalue weighted by Crippen LogP contribution is 2.18. The molecule has 126 valence electrons. The molecule has 0 aromatic heterocycles. The van der Waals surface area contributed by atoms with Gasteiger partial charge in [-0.1, -0.05) is 32.4 Å². The molecule has 1 saturated heterocycles. The number of amides is 2. The Morgan fingerprint density at radius 2 is 2.13 bits per heavy atom. The smallest absolute Gasteiger partial charge is 0.253 e. The number of anilines is 1. The third-order valence-corrected chi connectivity index (χ3v) is 4.11. The predicted octanol–water partition coefficient (Wildman–Crippen LogP) is 2.97. The van der Waals surface area contributed by atoms with Crippen molar-refractivity contribution in [3.8, 4) is 0 Å². The Hall–Kier alpha value is -1.88. The largest absolute Gasteiger partial charge is 0.376 e. The first-order valence-corrected chi connectivity index (χ1v) is 8.41. The maximum atomic E-state index is 12.4. The summed E-state index contributed by atoms with van der Waals surface area (Å²) in [5.41, 5.74) is 1.05. The first-order chi connectivity index (χ1) is 11.1. The predicted molar refractivity (Wildman–Crippen MR) is 90.5 cm³/mol. The fourth-order valence-corrected chi connectivity index (χ4v) is 2.72. The van der Waals surface area contributed by atoms with E-state index in [1.807, 2.05) is 13.0 Å². The molecule has 0 spiro atoms. The summed E-state index contributed by atoms with van der Waals surface area (Å²) in [5.74, 6) is -0.297. The molecule has 23 heavy (non-hydrogen) atoms. The molecule has 2 amide bonds. The Morgan fingerprint density at radius 1 is 1.35 bits per heavy atom. The summed E-state index contributed by atoms with van der Waals surface area (Å²) in [5, 5.41) is 5.77. The lowest BCUT2D eigenvalue weighted by molar-refractivity contribution is -0.119. The van der Waals surface area contributed by atoms with E-state index in [0.717, 1.165) is 32.3 Å². The van der Waals surface area contributed by atoms with Gasteiger partial charge in [0.05, 0.1) is 17.4 Å². The van der Waals surface area contributed by atoms with Crippen LogP contribution in [0.15, 0.2) is 24.3 Å². The molecule has 0 saturated carbocycles. The van der Waals surface area contributed by atoms with Crippen molar-refractivity contribution >= 4 is 17.5 Å². The van der Waals surface area contributed by atoms with E-state index in [-0.39, 0.29) is 23.8 Å². The van der Waals surface area contributed by atoms with Crippen LogP contribution < -0.4 is 10.6 Å². The summed E-state index contributed by atoms with van der Waals surface area (Å²) in [6.45, 7) is 5.23. The lowest BCUT2D eigenvalue weighted by atomic mass is 10.0. The van der Waals surface area contributed by atoms with Gasteiger partial charge in [0.15, 0.2) is 0 Å². The highest BCUT2D eigenvalue weighted by molar-refractivity contribution is 6.04. The molecule has 5 heteroatoms. The number of hydrogen-bond acceptors (Lipinski definition) is 3. The zero-order valence-corrected chi connectivity index (χ0v) is 13.9. The normalized spacial score (nSPS) is 18.4. The van der Waals surface area contributed by atoms with Crippen LogP contribution in [-0.4, -0.2) is 31.1 Å². The van der Waals surface area contributed by atoms with E-state index in [0.29, 0.717) is 17.8 Å². The van der Waals surface area contributed by atoms with Crippen LogP contribution in [0.4, 0.5) is 5.69 Å². The molecule has 5 nitrogen and oxygen atoms in total. The molecule has 0 radical (unpaired) electrons. The van der Waals surface area contributed by atoms with Crippen molar-refractivity contribution in [1.82, 2.24) is 5.32 Å². The van der Waals surface area contributed by atoms with Crippen LogP contribution >= 0.6 is 0 Å². The molecular weight excluding hydrogens is 292 g/mol. The Bertz CT molecular complexity index is 539. The quantitative estimate of drug-likeness (QED) is 0.812. The van der Waals surface area contributed by atoms with Crippen molar-refractivity contribution in [3.63, 3.8) is 0 Å². The van der Waals surface area contributed by atoms with Gasteiger partial charge in [0.25, 0.3) is 5.91 Å². The van der Waals surface area contributed by atoms with Gasteiger partial charge in [-0.25, -0.2) is 0 Å². The van der Waals surface area contributed by atoms with Crippen molar-refractivity contribution in [2.24, 2.45) is 5.92 Å². The Labute approximate surface area is 137 Å². The molecule has 2 rings (SSSR count). The number of para-hydroxylation sites is 1. The van der Waals surface area contributed by atoms with Crippen molar-refractivity contribution in [1.29, 1.82) is 0 Å². The molecule has 1 fully saturated rings. The van der Waals surface area contributed by atoms with Crippen molar-refractivity contribution in [3.05, 3.63) is 29.8 Å².